The van der Waals surface area contributed by atoms with Crippen molar-refractivity contribution in [2.24, 2.45) is 5.92 Å². The van der Waals surface area contributed by atoms with Gasteiger partial charge in [0.15, 0.2) is 5.76 Å². The molecule has 2 amide bonds. The van der Waals surface area contributed by atoms with Gasteiger partial charge in [-0.15, -0.1) is 0 Å². The molecule has 0 spiro atoms. The molecule has 0 bridgehead atoms. The molecule has 1 aliphatic heterocycles. The molecule has 136 valence electrons. The summed E-state index contributed by atoms with van der Waals surface area (Å²) in [5.41, 5.74) is 1.04. The Bertz CT molecular complexity index is 776. The van der Waals surface area contributed by atoms with Crippen LogP contribution in [0.1, 0.15) is 34.9 Å². The Kier molecular flexibility index (Phi) is 4.72. The van der Waals surface area contributed by atoms with E-state index in [1.807, 2.05) is 29.2 Å². The van der Waals surface area contributed by atoms with Gasteiger partial charge in [-0.25, -0.2) is 0 Å². The standard InChI is InChI=1S/C20H21ClN2O3/c21-16-7-5-15(6-8-16)18(14-3-4-14)20(25)23-11-9-22(10-12-23)19(24)17-2-1-13-26-17/h1-2,5-8,13-14,18H,3-4,9-12H2. The zero-order chi connectivity index (χ0) is 18.1. The van der Waals surface area contributed by atoms with E-state index in [1.165, 1.54) is 6.26 Å². The molecule has 5 nitrogen and oxygen atoms in total. The molecule has 26 heavy (non-hydrogen) atoms. The zero-order valence-corrected chi connectivity index (χ0v) is 15.2. The van der Waals surface area contributed by atoms with Gasteiger partial charge < -0.3 is 14.2 Å². The van der Waals surface area contributed by atoms with Crippen LogP contribution in [0, 0.1) is 5.92 Å². The highest BCUT2D eigenvalue weighted by molar-refractivity contribution is 6.30. The minimum absolute atomic E-state index is 0.0976. The number of piperazine rings is 1. The fourth-order valence-corrected chi connectivity index (χ4v) is 3.72. The third kappa shape index (κ3) is 3.49. The fourth-order valence-electron chi connectivity index (χ4n) is 3.60. The van der Waals surface area contributed by atoms with Gasteiger partial charge in [0.25, 0.3) is 5.91 Å². The summed E-state index contributed by atoms with van der Waals surface area (Å²) < 4.78 is 5.19. The first-order chi connectivity index (χ1) is 12.6. The molecule has 1 saturated carbocycles. The van der Waals surface area contributed by atoms with Gasteiger partial charge in [0, 0.05) is 31.2 Å². The van der Waals surface area contributed by atoms with Gasteiger partial charge in [-0.1, -0.05) is 23.7 Å². The summed E-state index contributed by atoms with van der Waals surface area (Å²) in [6.07, 6.45) is 3.69. The van der Waals surface area contributed by atoms with Gasteiger partial charge >= 0.3 is 0 Å². The first-order valence-electron chi connectivity index (χ1n) is 9.00. The van der Waals surface area contributed by atoms with Crippen LogP contribution in [0.2, 0.25) is 5.02 Å². The first kappa shape index (κ1) is 17.2. The number of furan rings is 1. The molecule has 2 aliphatic rings. The molecular formula is C20H21ClN2O3. The van der Waals surface area contributed by atoms with E-state index in [0.29, 0.717) is 42.9 Å². The Morgan fingerprint density at radius 3 is 2.23 bits per heavy atom. The summed E-state index contributed by atoms with van der Waals surface area (Å²) in [6.45, 7) is 2.18. The predicted molar refractivity (Wildman–Crippen MR) is 98.1 cm³/mol. The van der Waals surface area contributed by atoms with Crippen molar-refractivity contribution >= 4 is 23.4 Å². The average Bonchev–Trinajstić information content (AvgIpc) is 3.34. The zero-order valence-electron chi connectivity index (χ0n) is 14.4. The molecule has 1 saturated heterocycles. The number of amides is 2. The second-order valence-electron chi connectivity index (χ2n) is 6.96. The topological polar surface area (TPSA) is 53.8 Å². The lowest BCUT2D eigenvalue weighted by atomic mass is 9.92. The number of hydrogen-bond acceptors (Lipinski definition) is 3. The Hall–Kier alpha value is -2.27. The summed E-state index contributed by atoms with van der Waals surface area (Å²) in [4.78, 5) is 29.1. The molecule has 4 rings (SSSR count). The van der Waals surface area contributed by atoms with Crippen LogP contribution in [0.5, 0.6) is 0 Å². The van der Waals surface area contributed by atoms with Crippen LogP contribution in [0.4, 0.5) is 0 Å². The summed E-state index contributed by atoms with van der Waals surface area (Å²) in [6, 6.07) is 11.0. The van der Waals surface area contributed by atoms with Gasteiger partial charge in [0.05, 0.1) is 12.2 Å². The molecule has 6 heteroatoms. The molecule has 2 fully saturated rings. The molecule has 1 unspecified atom stereocenters. The van der Waals surface area contributed by atoms with E-state index in [1.54, 1.807) is 17.0 Å². The Morgan fingerprint density at radius 2 is 1.65 bits per heavy atom. The van der Waals surface area contributed by atoms with E-state index < -0.39 is 0 Å². The monoisotopic (exact) mass is 372 g/mol. The van der Waals surface area contributed by atoms with Crippen LogP contribution in [-0.4, -0.2) is 47.8 Å². The van der Waals surface area contributed by atoms with Gasteiger partial charge in [0.2, 0.25) is 5.91 Å². The third-order valence-corrected chi connectivity index (χ3v) is 5.45. The van der Waals surface area contributed by atoms with Crippen LogP contribution in [0.3, 0.4) is 0 Å². The molecule has 0 radical (unpaired) electrons. The first-order valence-corrected chi connectivity index (χ1v) is 9.38. The summed E-state index contributed by atoms with van der Waals surface area (Å²) >= 11 is 5.99. The predicted octanol–water partition coefficient (Wildman–Crippen LogP) is 3.41. The van der Waals surface area contributed by atoms with E-state index in [0.717, 1.165) is 18.4 Å². The third-order valence-electron chi connectivity index (χ3n) is 5.20. The lowest BCUT2D eigenvalue weighted by Crippen LogP contribution is -2.51. The lowest BCUT2D eigenvalue weighted by Gasteiger charge is -2.36. The van der Waals surface area contributed by atoms with Crippen molar-refractivity contribution in [1.82, 2.24) is 9.80 Å². The number of hydrogen-bond donors (Lipinski definition) is 0. The minimum atomic E-state index is -0.112. The van der Waals surface area contributed by atoms with Crippen molar-refractivity contribution in [3.63, 3.8) is 0 Å². The highest BCUT2D eigenvalue weighted by Gasteiger charge is 2.40. The molecular weight excluding hydrogens is 352 g/mol. The second kappa shape index (κ2) is 7.16. The Labute approximate surface area is 157 Å². The normalized spacial score (nSPS) is 18.7. The number of rotatable bonds is 4. The van der Waals surface area contributed by atoms with Crippen LogP contribution >= 0.6 is 11.6 Å². The van der Waals surface area contributed by atoms with Crippen molar-refractivity contribution in [2.75, 3.05) is 26.2 Å². The maximum absolute atomic E-state index is 13.1. The number of carbonyl (C=O) groups is 2. The Balaban J connectivity index is 1.42. The van der Waals surface area contributed by atoms with Gasteiger partial charge in [-0.2, -0.15) is 0 Å². The van der Waals surface area contributed by atoms with Crippen molar-refractivity contribution in [1.29, 1.82) is 0 Å². The molecule has 1 aliphatic carbocycles. The van der Waals surface area contributed by atoms with Gasteiger partial charge in [-0.05, 0) is 48.6 Å². The summed E-state index contributed by atoms with van der Waals surface area (Å²) in [5, 5.41) is 0.681. The van der Waals surface area contributed by atoms with E-state index in [4.69, 9.17) is 16.0 Å². The maximum atomic E-state index is 13.1. The number of carbonyl (C=O) groups excluding carboxylic acids is 2. The molecule has 1 atom stereocenters. The number of nitrogens with zero attached hydrogens (tertiary/aromatic N) is 2. The van der Waals surface area contributed by atoms with Crippen LogP contribution in [0.25, 0.3) is 0 Å². The maximum Gasteiger partial charge on any atom is 0.289 e. The highest BCUT2D eigenvalue weighted by atomic mass is 35.5. The fraction of sp³-hybridized carbons (Fsp3) is 0.400. The quantitative estimate of drug-likeness (QED) is 0.826. The largest absolute Gasteiger partial charge is 0.459 e. The second-order valence-corrected chi connectivity index (χ2v) is 7.40. The van der Waals surface area contributed by atoms with Crippen LogP contribution < -0.4 is 0 Å². The molecule has 2 heterocycles. The molecule has 1 aromatic carbocycles. The summed E-state index contributed by atoms with van der Waals surface area (Å²) in [5.74, 6) is 0.728. The van der Waals surface area contributed by atoms with E-state index in [9.17, 15) is 9.59 Å². The molecule has 2 aromatic rings. The van der Waals surface area contributed by atoms with E-state index >= 15 is 0 Å². The SMILES string of the molecule is O=C(c1ccco1)N1CCN(C(=O)C(c2ccc(Cl)cc2)C2CC2)CC1. The van der Waals surface area contributed by atoms with Crippen molar-refractivity contribution in [3.8, 4) is 0 Å². The number of benzene rings is 1. The van der Waals surface area contributed by atoms with Crippen LogP contribution in [0.15, 0.2) is 47.1 Å². The van der Waals surface area contributed by atoms with Gasteiger partial charge in [0.1, 0.15) is 0 Å². The van der Waals surface area contributed by atoms with E-state index in [2.05, 4.69) is 0 Å². The highest BCUT2D eigenvalue weighted by Crippen LogP contribution is 2.44. The van der Waals surface area contributed by atoms with E-state index in [-0.39, 0.29) is 17.7 Å². The molecule has 1 aromatic heterocycles. The number of halogens is 1. The van der Waals surface area contributed by atoms with Crippen molar-refractivity contribution in [3.05, 3.63) is 59.0 Å². The Morgan fingerprint density at radius 1 is 1.00 bits per heavy atom. The van der Waals surface area contributed by atoms with Crippen LogP contribution in [-0.2, 0) is 4.79 Å². The molecule has 0 N–H and O–H groups in total. The lowest BCUT2D eigenvalue weighted by molar-refractivity contribution is -0.134. The smallest absolute Gasteiger partial charge is 0.289 e. The van der Waals surface area contributed by atoms with Gasteiger partial charge in [-0.3, -0.25) is 9.59 Å². The average molecular weight is 373 g/mol. The summed E-state index contributed by atoms with van der Waals surface area (Å²) in [7, 11) is 0. The van der Waals surface area contributed by atoms with Crippen molar-refractivity contribution in [2.45, 2.75) is 18.8 Å². The minimum Gasteiger partial charge on any atom is -0.459 e. The van der Waals surface area contributed by atoms with Crippen molar-refractivity contribution < 1.29 is 14.0 Å².